The van der Waals surface area contributed by atoms with Gasteiger partial charge in [-0.25, -0.2) is 4.79 Å². The Morgan fingerprint density at radius 1 is 0.688 bits per heavy atom. The largest absolute Gasteiger partial charge is 0.477 e. The number of nitrogens with one attached hydrogen (secondary N) is 2. The van der Waals surface area contributed by atoms with E-state index in [1.54, 1.807) is 6.08 Å². The number of amides is 2. The Kier molecular flexibility index (Phi) is 36.5. The van der Waals surface area contributed by atoms with Crippen LogP contribution in [0.1, 0.15) is 207 Å². The van der Waals surface area contributed by atoms with Gasteiger partial charge in [-0.1, -0.05) is 180 Å². The van der Waals surface area contributed by atoms with Crippen LogP contribution in [0.15, 0.2) is 12.2 Å². The Morgan fingerprint density at radius 2 is 1.21 bits per heavy atom. The molecule has 17 atom stereocenters. The van der Waals surface area contributed by atoms with Crippen LogP contribution in [-0.4, -0.2) is 204 Å². The molecule has 0 aliphatic carbocycles. The molecule has 3 heterocycles. The lowest BCUT2D eigenvalue weighted by Gasteiger charge is -2.50. The summed E-state index contributed by atoms with van der Waals surface area (Å²) in [6.45, 7) is 2.67. The van der Waals surface area contributed by atoms with Crippen LogP contribution in [0.25, 0.3) is 0 Å². The van der Waals surface area contributed by atoms with Crippen molar-refractivity contribution < 1.29 is 99.0 Å². The number of hydrogen-bond acceptors (Lipinski definition) is 19. The van der Waals surface area contributed by atoms with Crippen molar-refractivity contribution in [3.8, 4) is 0 Å². The van der Waals surface area contributed by atoms with Gasteiger partial charge in [-0.05, 0) is 19.3 Å². The quantitative estimate of drug-likeness (QED) is 0.0305. The molecule has 0 saturated carbocycles. The lowest BCUT2D eigenvalue weighted by atomic mass is 9.88. The summed E-state index contributed by atoms with van der Waals surface area (Å²) in [4.78, 5) is 38.2. The Labute approximate surface area is 475 Å². The molecule has 2 amide bonds. The number of carbonyl (C=O) groups excluding carboxylic acids is 2. The van der Waals surface area contributed by atoms with Gasteiger partial charge in [0.05, 0.1) is 50.7 Å². The minimum atomic E-state index is -3.03. The highest BCUT2D eigenvalue weighted by atomic mass is 16.8. The molecule has 13 N–H and O–H groups in total. The van der Waals surface area contributed by atoms with Crippen LogP contribution in [0.4, 0.5) is 0 Å². The Morgan fingerprint density at radius 3 is 1.71 bits per heavy atom. The monoisotopic (exact) mass is 1150 g/mol. The highest BCUT2D eigenvalue weighted by Gasteiger charge is 2.60. The van der Waals surface area contributed by atoms with E-state index in [2.05, 4.69) is 24.5 Å². The average molecular weight is 1150 g/mol. The van der Waals surface area contributed by atoms with Gasteiger partial charge >= 0.3 is 5.97 Å². The molecule has 3 aliphatic heterocycles. The smallest absolute Gasteiger partial charge is 0.364 e. The molecule has 0 unspecified atom stereocenters. The Balaban J connectivity index is 1.61. The van der Waals surface area contributed by atoms with Gasteiger partial charge in [0, 0.05) is 19.8 Å². The minimum absolute atomic E-state index is 0.239. The number of carboxylic acids is 1. The van der Waals surface area contributed by atoms with Crippen LogP contribution in [0, 0.1) is 0 Å². The first kappa shape index (κ1) is 71.8. The highest BCUT2D eigenvalue weighted by molar-refractivity contribution is 5.77. The summed E-state index contributed by atoms with van der Waals surface area (Å²) in [5.74, 6) is -6.00. The van der Waals surface area contributed by atoms with Crippen molar-refractivity contribution in [2.24, 2.45) is 0 Å². The van der Waals surface area contributed by atoms with E-state index in [-0.39, 0.29) is 18.9 Å². The van der Waals surface area contributed by atoms with Gasteiger partial charge in [0.25, 0.3) is 5.79 Å². The van der Waals surface area contributed by atoms with Gasteiger partial charge in [0.15, 0.2) is 12.6 Å². The number of aliphatic hydroxyl groups is 10. The molecule has 80 heavy (non-hydrogen) atoms. The first-order valence-corrected chi connectivity index (χ1v) is 30.5. The van der Waals surface area contributed by atoms with E-state index in [1.165, 1.54) is 122 Å². The van der Waals surface area contributed by atoms with Crippen LogP contribution in [0.2, 0.25) is 0 Å². The van der Waals surface area contributed by atoms with Gasteiger partial charge in [0.2, 0.25) is 11.8 Å². The van der Waals surface area contributed by atoms with E-state index in [0.29, 0.717) is 6.42 Å². The van der Waals surface area contributed by atoms with Crippen molar-refractivity contribution in [2.45, 2.75) is 311 Å². The van der Waals surface area contributed by atoms with Crippen LogP contribution in [0.3, 0.4) is 0 Å². The highest BCUT2D eigenvalue weighted by Crippen LogP contribution is 2.38. The summed E-state index contributed by atoms with van der Waals surface area (Å²) in [7, 11) is 0. The second-order valence-electron chi connectivity index (χ2n) is 22.5. The molecule has 22 heteroatoms. The maximum absolute atomic E-state index is 13.3. The fourth-order valence-corrected chi connectivity index (χ4v) is 10.6. The number of aliphatic carboxylic acids is 1. The lowest BCUT2D eigenvalue weighted by Crippen LogP contribution is -2.70. The fraction of sp³-hybridized carbons (Fsp3) is 0.914. The Bertz CT molecular complexity index is 1690. The van der Waals surface area contributed by atoms with Crippen LogP contribution in [-0.2, 0) is 42.8 Å². The Hall–Kier alpha value is -2.49. The van der Waals surface area contributed by atoms with E-state index < -0.39 is 142 Å². The van der Waals surface area contributed by atoms with Gasteiger partial charge in [0.1, 0.15) is 61.0 Å². The first-order valence-electron chi connectivity index (χ1n) is 30.5. The second-order valence-corrected chi connectivity index (χ2v) is 22.5. The molecule has 3 fully saturated rings. The van der Waals surface area contributed by atoms with E-state index in [0.717, 1.165) is 51.9 Å². The number of carbonyl (C=O) groups is 3. The molecule has 0 spiro atoms. The number of aliphatic hydroxyl groups excluding tert-OH is 10. The predicted octanol–water partition coefficient (Wildman–Crippen LogP) is 3.80. The van der Waals surface area contributed by atoms with Crippen molar-refractivity contribution in [2.75, 3.05) is 26.4 Å². The van der Waals surface area contributed by atoms with Crippen LogP contribution in [0.5, 0.6) is 0 Å². The summed E-state index contributed by atoms with van der Waals surface area (Å²) in [5.41, 5.74) is 0. The predicted molar refractivity (Wildman–Crippen MR) is 295 cm³/mol. The van der Waals surface area contributed by atoms with Gasteiger partial charge in [-0.3, -0.25) is 9.59 Å². The van der Waals surface area contributed by atoms with Crippen molar-refractivity contribution in [1.29, 1.82) is 0 Å². The van der Waals surface area contributed by atoms with Crippen molar-refractivity contribution >= 4 is 17.8 Å². The standard InChI is InChI=1S/C58H106N2O20/c1-4-6-8-10-12-14-16-18-19-21-23-25-27-29-31-33-46(67)60-40(41(64)32-30-28-26-24-22-20-17-15-13-11-9-7-5-2)37-75-55-51(71)49(69)45(38-76-55)78-56-52(72)54(50(70)44(36-62)77-56)80-58(57(73)74)34-42(65)47(59-39(3)63)53(79-58)48(68)43(66)35-61/h30,32,40-45,47-56,61-62,64-66,68-72H,4-29,31,33-38H2,1-3H3,(H,59,63)(H,60,67)(H,73,74)/b32-30+/t40-,41+,42-,43+,44+,45+,47+,48+,49-,50-,51+,52+,53+,54-,55+,56-,58-/m0/s1. The third-order valence-electron chi connectivity index (χ3n) is 15.6. The maximum Gasteiger partial charge on any atom is 0.364 e. The summed E-state index contributed by atoms with van der Waals surface area (Å²) in [5, 5.41) is 124. The third kappa shape index (κ3) is 25.4. The molecule has 0 radical (unpaired) electrons. The number of carboxylic acid groups (broad SMARTS) is 1. The molecular weight excluding hydrogens is 1040 g/mol. The van der Waals surface area contributed by atoms with E-state index in [1.807, 2.05) is 6.08 Å². The normalized spacial score (nSPS) is 29.8. The fourth-order valence-electron chi connectivity index (χ4n) is 10.6. The molecule has 22 nitrogen and oxygen atoms in total. The minimum Gasteiger partial charge on any atom is -0.477 e. The van der Waals surface area contributed by atoms with Gasteiger partial charge in [-0.15, -0.1) is 0 Å². The lowest BCUT2D eigenvalue weighted by molar-refractivity contribution is -0.380. The molecule has 0 aromatic heterocycles. The molecular formula is C58H106N2O20. The summed E-state index contributed by atoms with van der Waals surface area (Å²) < 4.78 is 34.5. The molecule has 3 saturated heterocycles. The zero-order valence-corrected chi connectivity index (χ0v) is 48.3. The average Bonchev–Trinajstić information content (AvgIpc) is 3.47. The van der Waals surface area contributed by atoms with Crippen molar-refractivity contribution in [3.05, 3.63) is 12.2 Å². The first-order chi connectivity index (χ1) is 38.4. The van der Waals surface area contributed by atoms with Crippen molar-refractivity contribution in [1.82, 2.24) is 10.6 Å². The number of hydrogen-bond donors (Lipinski definition) is 13. The molecule has 3 rings (SSSR count). The van der Waals surface area contributed by atoms with E-state index in [9.17, 15) is 70.6 Å². The summed E-state index contributed by atoms with van der Waals surface area (Å²) >= 11 is 0. The molecule has 468 valence electrons. The van der Waals surface area contributed by atoms with Gasteiger partial charge in [-0.2, -0.15) is 0 Å². The number of unbranched alkanes of at least 4 members (excludes halogenated alkanes) is 25. The topological polar surface area (TPSA) is 353 Å². The zero-order valence-electron chi connectivity index (χ0n) is 48.3. The molecule has 0 bridgehead atoms. The van der Waals surface area contributed by atoms with Crippen molar-refractivity contribution in [3.63, 3.8) is 0 Å². The molecule has 0 aromatic rings. The maximum atomic E-state index is 13.3. The van der Waals surface area contributed by atoms with E-state index in [4.69, 9.17) is 28.4 Å². The number of rotatable bonds is 44. The SMILES string of the molecule is CCCCCCCCCCCCC/C=C/[C@@H](O)[C@H](CO[C@@H]1OC[C@@H](O[C@@H]2O[C@H](CO)[C@H](O)[C@H](O[C@]3(C(=O)O)C[C@H](O)[C@@H](NC(C)=O)[C@H]([C@H](O)[C@H](O)CO)O3)[C@H]2O)[C@H](O)[C@H]1O)NC(=O)CCCCCCCCCCCCCCCCC. The number of ether oxygens (including phenoxy) is 6. The molecule has 3 aliphatic rings. The third-order valence-corrected chi connectivity index (χ3v) is 15.6. The van der Waals surface area contributed by atoms with Crippen LogP contribution >= 0.6 is 0 Å². The second kappa shape index (κ2) is 40.7. The van der Waals surface area contributed by atoms with E-state index >= 15 is 0 Å². The summed E-state index contributed by atoms with van der Waals surface area (Å²) in [6.07, 6.45) is 9.03. The molecule has 0 aromatic carbocycles. The van der Waals surface area contributed by atoms with Gasteiger partial charge < -0.3 is 95.2 Å². The van der Waals surface area contributed by atoms with Crippen LogP contribution < -0.4 is 10.6 Å². The zero-order chi connectivity index (χ0) is 58.9. The number of allylic oxidation sites excluding steroid dienone is 1. The summed E-state index contributed by atoms with van der Waals surface area (Å²) in [6, 6.07) is -2.51.